The molecule has 1 amide bonds. The molecule has 0 saturated carbocycles. The summed E-state index contributed by atoms with van der Waals surface area (Å²) in [4.78, 5) is 21.9. The monoisotopic (exact) mass is 575 g/mol. The zero-order chi connectivity index (χ0) is 22.9. The molecule has 0 bridgehead atoms. The third kappa shape index (κ3) is 7.70. The summed E-state index contributed by atoms with van der Waals surface area (Å²) in [6.45, 7) is 8.22. The van der Waals surface area contributed by atoms with Crippen molar-refractivity contribution in [1.29, 1.82) is 0 Å². The quantitative estimate of drug-likeness (QED) is 0.215. The van der Waals surface area contributed by atoms with Crippen LogP contribution in [0.2, 0.25) is 0 Å². The highest BCUT2D eigenvalue weighted by atomic mass is 127. The molecule has 0 aromatic heterocycles. The molecule has 1 unspecified atom stereocenters. The van der Waals surface area contributed by atoms with Crippen LogP contribution in [0.15, 0.2) is 59.6 Å². The molecule has 2 aromatic rings. The van der Waals surface area contributed by atoms with Crippen LogP contribution in [-0.4, -0.2) is 53.9 Å². The first-order valence-corrected chi connectivity index (χ1v) is 12.4. The van der Waals surface area contributed by atoms with Crippen LogP contribution >= 0.6 is 24.0 Å². The summed E-state index contributed by atoms with van der Waals surface area (Å²) in [5.74, 6) is 1.09. The maximum absolute atomic E-state index is 12.6. The number of guanidine groups is 1. The summed E-state index contributed by atoms with van der Waals surface area (Å²) in [5, 5.41) is 7.00. The molecule has 34 heavy (non-hydrogen) atoms. The van der Waals surface area contributed by atoms with Gasteiger partial charge in [-0.25, -0.2) is 0 Å². The minimum atomic E-state index is 0. The van der Waals surface area contributed by atoms with Gasteiger partial charge in [-0.1, -0.05) is 54.6 Å². The van der Waals surface area contributed by atoms with Crippen molar-refractivity contribution in [1.82, 2.24) is 20.4 Å². The van der Waals surface area contributed by atoms with Crippen LogP contribution in [0.5, 0.6) is 0 Å². The van der Waals surface area contributed by atoms with Gasteiger partial charge in [0.2, 0.25) is 5.91 Å². The molecule has 0 aliphatic carbocycles. The molecule has 2 aliphatic heterocycles. The molecule has 184 valence electrons. The number of nitrogens with zero attached hydrogens (tertiary/aromatic N) is 3. The van der Waals surface area contributed by atoms with Gasteiger partial charge in [0.1, 0.15) is 0 Å². The highest BCUT2D eigenvalue weighted by Gasteiger charge is 2.23. The van der Waals surface area contributed by atoms with E-state index in [-0.39, 0.29) is 29.9 Å². The number of piperidine rings is 1. The highest BCUT2D eigenvalue weighted by Crippen LogP contribution is 2.23. The number of amides is 1. The van der Waals surface area contributed by atoms with Crippen molar-refractivity contribution in [3.05, 3.63) is 71.3 Å². The van der Waals surface area contributed by atoms with E-state index in [1.807, 2.05) is 17.0 Å². The lowest BCUT2D eigenvalue weighted by atomic mass is 10.0. The van der Waals surface area contributed by atoms with Crippen LogP contribution in [0.25, 0.3) is 0 Å². The fraction of sp³-hybridized carbons (Fsp3) is 0.481. The Morgan fingerprint density at radius 1 is 1.06 bits per heavy atom. The lowest BCUT2D eigenvalue weighted by Crippen LogP contribution is -2.51. The Bertz CT molecular complexity index is 911. The van der Waals surface area contributed by atoms with E-state index in [0.717, 1.165) is 58.1 Å². The molecule has 2 aromatic carbocycles. The van der Waals surface area contributed by atoms with Crippen molar-refractivity contribution in [2.24, 2.45) is 4.99 Å². The Balaban J connectivity index is 0.00000324. The second kappa shape index (κ2) is 13.7. The van der Waals surface area contributed by atoms with Crippen LogP contribution in [0.1, 0.15) is 49.3 Å². The topological polar surface area (TPSA) is 60.0 Å². The van der Waals surface area contributed by atoms with E-state index in [9.17, 15) is 4.79 Å². The summed E-state index contributed by atoms with van der Waals surface area (Å²) < 4.78 is 0. The van der Waals surface area contributed by atoms with Crippen molar-refractivity contribution in [2.45, 2.75) is 58.3 Å². The van der Waals surface area contributed by atoms with Crippen molar-refractivity contribution < 1.29 is 4.79 Å². The number of hydrogen-bond donors (Lipinski definition) is 2. The first kappa shape index (κ1) is 26.5. The van der Waals surface area contributed by atoms with Gasteiger partial charge in [0.25, 0.3) is 0 Å². The number of likely N-dealkylation sites (tertiary alicyclic amines) is 1. The fourth-order valence-electron chi connectivity index (χ4n) is 4.76. The van der Waals surface area contributed by atoms with Crippen molar-refractivity contribution >= 4 is 35.8 Å². The summed E-state index contributed by atoms with van der Waals surface area (Å²) in [6, 6.07) is 19.4. The maximum atomic E-state index is 12.6. The van der Waals surface area contributed by atoms with E-state index in [4.69, 9.17) is 4.99 Å². The van der Waals surface area contributed by atoms with Crippen LogP contribution in [0.4, 0.5) is 0 Å². The SMILES string of the molecule is CCNC(=NCCCC(=O)N1Cc2ccccc2C1)NC1CCCN(Cc2ccccc2)C1.I. The Labute approximate surface area is 221 Å². The number of fused-ring (bicyclic) bond motifs is 1. The number of hydrogen-bond acceptors (Lipinski definition) is 3. The smallest absolute Gasteiger partial charge is 0.223 e. The largest absolute Gasteiger partial charge is 0.357 e. The number of rotatable bonds is 8. The average Bonchev–Trinajstić information content (AvgIpc) is 3.27. The minimum absolute atomic E-state index is 0. The number of aliphatic imine (C=N–C) groups is 1. The molecular weight excluding hydrogens is 537 g/mol. The second-order valence-electron chi connectivity index (χ2n) is 9.09. The summed E-state index contributed by atoms with van der Waals surface area (Å²) in [6.07, 6.45) is 3.67. The molecule has 4 rings (SSSR count). The van der Waals surface area contributed by atoms with E-state index >= 15 is 0 Å². The van der Waals surface area contributed by atoms with Gasteiger partial charge in [-0.2, -0.15) is 0 Å². The Kier molecular flexibility index (Phi) is 10.7. The molecule has 0 radical (unpaired) electrons. The number of benzene rings is 2. The molecule has 2 heterocycles. The molecule has 2 aliphatic rings. The highest BCUT2D eigenvalue weighted by molar-refractivity contribution is 14.0. The van der Waals surface area contributed by atoms with Gasteiger partial charge in [0, 0.05) is 51.7 Å². The average molecular weight is 576 g/mol. The van der Waals surface area contributed by atoms with Gasteiger partial charge in [-0.05, 0) is 49.4 Å². The normalized spacial score (nSPS) is 18.2. The zero-order valence-corrected chi connectivity index (χ0v) is 22.5. The lowest BCUT2D eigenvalue weighted by Gasteiger charge is -2.34. The van der Waals surface area contributed by atoms with E-state index in [2.05, 4.69) is 64.9 Å². The molecule has 1 saturated heterocycles. The molecule has 1 fully saturated rings. The van der Waals surface area contributed by atoms with E-state index < -0.39 is 0 Å². The minimum Gasteiger partial charge on any atom is -0.357 e. The van der Waals surface area contributed by atoms with E-state index in [1.54, 1.807) is 0 Å². The van der Waals surface area contributed by atoms with Crippen LogP contribution < -0.4 is 10.6 Å². The number of nitrogens with one attached hydrogen (secondary N) is 2. The van der Waals surface area contributed by atoms with E-state index in [1.165, 1.54) is 23.1 Å². The Morgan fingerprint density at radius 2 is 1.76 bits per heavy atom. The van der Waals surface area contributed by atoms with Gasteiger partial charge < -0.3 is 15.5 Å². The molecular formula is C27H38IN5O. The summed E-state index contributed by atoms with van der Waals surface area (Å²) in [5.41, 5.74) is 3.91. The number of halogens is 1. The molecule has 6 nitrogen and oxygen atoms in total. The maximum Gasteiger partial charge on any atom is 0.223 e. The first-order chi connectivity index (χ1) is 16.2. The van der Waals surface area contributed by atoms with Gasteiger partial charge in [-0.3, -0.25) is 14.7 Å². The van der Waals surface area contributed by atoms with Gasteiger partial charge in [0.05, 0.1) is 0 Å². The van der Waals surface area contributed by atoms with E-state index in [0.29, 0.717) is 19.0 Å². The van der Waals surface area contributed by atoms with Gasteiger partial charge in [-0.15, -0.1) is 24.0 Å². The first-order valence-electron chi connectivity index (χ1n) is 12.4. The molecule has 7 heteroatoms. The van der Waals surface area contributed by atoms with Crippen LogP contribution in [0.3, 0.4) is 0 Å². The molecule has 0 spiro atoms. The Morgan fingerprint density at radius 3 is 2.47 bits per heavy atom. The fourth-order valence-corrected chi connectivity index (χ4v) is 4.76. The predicted molar refractivity (Wildman–Crippen MR) is 149 cm³/mol. The summed E-state index contributed by atoms with van der Waals surface area (Å²) in [7, 11) is 0. The lowest BCUT2D eigenvalue weighted by molar-refractivity contribution is -0.131. The third-order valence-corrected chi connectivity index (χ3v) is 6.45. The number of carbonyl (C=O) groups is 1. The third-order valence-electron chi connectivity index (χ3n) is 6.45. The zero-order valence-electron chi connectivity index (χ0n) is 20.2. The standard InChI is InChI=1S/C27H37N5O.HI/c1-2-28-27(30-25-14-9-17-31(21-25)18-22-10-4-3-5-11-22)29-16-8-15-26(33)32-19-23-12-6-7-13-24(23)20-32;/h3-7,10-13,25H,2,8-9,14-21H2,1H3,(H2,28,29,30);1H. The van der Waals surface area contributed by atoms with Crippen LogP contribution in [0, 0.1) is 0 Å². The molecule has 2 N–H and O–H groups in total. The van der Waals surface area contributed by atoms with Crippen molar-refractivity contribution in [2.75, 3.05) is 26.2 Å². The van der Waals surface area contributed by atoms with Crippen molar-refractivity contribution in [3.8, 4) is 0 Å². The van der Waals surface area contributed by atoms with Crippen molar-refractivity contribution in [3.63, 3.8) is 0 Å². The predicted octanol–water partition coefficient (Wildman–Crippen LogP) is 4.15. The number of carbonyl (C=O) groups excluding carboxylic acids is 1. The van der Waals surface area contributed by atoms with Gasteiger partial charge >= 0.3 is 0 Å². The Hall–Kier alpha value is -2.13. The van der Waals surface area contributed by atoms with Gasteiger partial charge in [0.15, 0.2) is 5.96 Å². The second-order valence-corrected chi connectivity index (χ2v) is 9.09. The molecule has 1 atom stereocenters. The van der Waals surface area contributed by atoms with Crippen LogP contribution in [-0.2, 0) is 24.4 Å². The summed E-state index contributed by atoms with van der Waals surface area (Å²) >= 11 is 0.